The summed E-state index contributed by atoms with van der Waals surface area (Å²) in [5.41, 5.74) is 1.38. The molecule has 0 aliphatic heterocycles. The summed E-state index contributed by atoms with van der Waals surface area (Å²) in [5, 5.41) is 0. The van der Waals surface area contributed by atoms with Gasteiger partial charge < -0.3 is 0 Å². The molecule has 0 fully saturated rings. The molecular weight excluding hydrogens is 171 g/mol. The Hall–Kier alpha value is 0.349. The predicted molar refractivity (Wildman–Crippen MR) is 36.1 cm³/mol. The van der Waals surface area contributed by atoms with Crippen molar-refractivity contribution in [3.8, 4) is 0 Å². The third-order valence-electron chi connectivity index (χ3n) is 0.763. The number of thiol groups is 1. The Bertz CT molecular complexity index is 123. The molecule has 0 nitrogen and oxygen atoms in total. The summed E-state index contributed by atoms with van der Waals surface area (Å²) in [7, 11) is 0. The summed E-state index contributed by atoms with van der Waals surface area (Å²) >= 11 is 4.76. The van der Waals surface area contributed by atoms with Gasteiger partial charge in [-0.1, -0.05) is 0 Å². The molecule has 0 aliphatic carbocycles. The fourth-order valence-corrected chi connectivity index (χ4v) is 2.26. The van der Waals surface area contributed by atoms with Gasteiger partial charge in [0.2, 0.25) is 0 Å². The minimum atomic E-state index is 0.651. The summed E-state index contributed by atoms with van der Waals surface area (Å²) < 4.78 is 0. The van der Waals surface area contributed by atoms with Crippen molar-refractivity contribution in [2.45, 2.75) is 5.75 Å². The monoisotopic (exact) mass is 178 g/mol. The van der Waals surface area contributed by atoms with Crippen LogP contribution in [0.5, 0.6) is 0 Å². The molecule has 1 aromatic heterocycles. The second-order valence-electron chi connectivity index (χ2n) is 1.29. The van der Waals surface area contributed by atoms with E-state index in [1.54, 1.807) is 0 Å². The normalized spacial score (nSPS) is 9.29. The van der Waals surface area contributed by atoms with Gasteiger partial charge in [0.25, 0.3) is 0 Å². The van der Waals surface area contributed by atoms with Crippen LogP contribution in [0.3, 0.4) is 0 Å². The van der Waals surface area contributed by atoms with Crippen molar-refractivity contribution in [3.63, 3.8) is 0 Å². The van der Waals surface area contributed by atoms with Crippen LogP contribution in [0.25, 0.3) is 0 Å². The van der Waals surface area contributed by atoms with E-state index < -0.39 is 0 Å². The molecule has 0 bridgehead atoms. The third-order valence-corrected chi connectivity index (χ3v) is 2.66. The van der Waals surface area contributed by atoms with Gasteiger partial charge in [-0.3, -0.25) is 0 Å². The molecular formula is C5H6SSe. The van der Waals surface area contributed by atoms with E-state index in [2.05, 4.69) is 28.6 Å². The van der Waals surface area contributed by atoms with Crippen LogP contribution in [-0.2, 0) is 5.75 Å². The predicted octanol–water partition coefficient (Wildman–Crippen LogP) is 1.17. The Labute approximate surface area is 54.7 Å². The van der Waals surface area contributed by atoms with Crippen molar-refractivity contribution in [1.29, 1.82) is 0 Å². The molecule has 0 unspecified atom stereocenters. The van der Waals surface area contributed by atoms with Crippen LogP contribution in [0.15, 0.2) is 15.9 Å². The molecule has 0 spiro atoms. The molecule has 0 aromatic carbocycles. The zero-order valence-corrected chi connectivity index (χ0v) is 6.40. The van der Waals surface area contributed by atoms with Crippen molar-refractivity contribution in [2.75, 3.05) is 0 Å². The van der Waals surface area contributed by atoms with Crippen molar-refractivity contribution >= 4 is 27.1 Å². The summed E-state index contributed by atoms with van der Waals surface area (Å²) in [5.74, 6) is 0.901. The Morgan fingerprint density at radius 3 is 2.86 bits per heavy atom. The van der Waals surface area contributed by atoms with Crippen LogP contribution in [-0.4, -0.2) is 14.5 Å². The number of hydrogen-bond donors (Lipinski definition) is 1. The topological polar surface area (TPSA) is 0 Å². The van der Waals surface area contributed by atoms with Crippen molar-refractivity contribution in [1.82, 2.24) is 0 Å². The van der Waals surface area contributed by atoms with Crippen LogP contribution >= 0.6 is 12.6 Å². The second kappa shape index (κ2) is 2.61. The van der Waals surface area contributed by atoms with E-state index >= 15 is 0 Å². The Morgan fingerprint density at radius 2 is 2.57 bits per heavy atom. The summed E-state index contributed by atoms with van der Waals surface area (Å²) in [6, 6.07) is 2.15. The van der Waals surface area contributed by atoms with Gasteiger partial charge in [0.05, 0.1) is 0 Å². The summed E-state index contributed by atoms with van der Waals surface area (Å²) in [6.07, 6.45) is 0. The SMILES string of the molecule is SCc1cc[se]c1. The van der Waals surface area contributed by atoms with Gasteiger partial charge in [0, 0.05) is 0 Å². The van der Waals surface area contributed by atoms with Gasteiger partial charge in [-0.05, 0) is 0 Å². The third kappa shape index (κ3) is 1.37. The number of rotatable bonds is 1. The average molecular weight is 177 g/mol. The fraction of sp³-hybridized carbons (Fsp3) is 0.200. The molecule has 0 amide bonds. The summed E-state index contributed by atoms with van der Waals surface area (Å²) in [4.78, 5) is 4.46. The minimum absolute atomic E-state index is 0.651. The van der Waals surface area contributed by atoms with Gasteiger partial charge in [-0.25, -0.2) is 0 Å². The van der Waals surface area contributed by atoms with Crippen molar-refractivity contribution in [2.24, 2.45) is 0 Å². The summed E-state index contributed by atoms with van der Waals surface area (Å²) in [6.45, 7) is 0. The first-order valence-electron chi connectivity index (χ1n) is 2.05. The van der Waals surface area contributed by atoms with E-state index in [0.717, 1.165) is 5.75 Å². The van der Waals surface area contributed by atoms with Crippen LogP contribution in [0.1, 0.15) is 5.56 Å². The first-order chi connectivity index (χ1) is 3.43. The van der Waals surface area contributed by atoms with Crippen LogP contribution in [0.4, 0.5) is 0 Å². The molecule has 1 rings (SSSR count). The molecule has 0 N–H and O–H groups in total. The quantitative estimate of drug-likeness (QED) is 0.483. The fourth-order valence-electron chi connectivity index (χ4n) is 0.383. The van der Waals surface area contributed by atoms with E-state index in [4.69, 9.17) is 0 Å². The zero-order chi connectivity index (χ0) is 5.11. The van der Waals surface area contributed by atoms with E-state index in [0.29, 0.717) is 14.5 Å². The molecule has 1 heterocycles. The average Bonchev–Trinajstić information content (AvgIpc) is 2.14. The molecule has 1 aromatic rings. The molecule has 2 heteroatoms. The molecule has 0 saturated heterocycles. The molecule has 38 valence electrons. The van der Waals surface area contributed by atoms with Crippen molar-refractivity contribution < 1.29 is 0 Å². The van der Waals surface area contributed by atoms with E-state index in [-0.39, 0.29) is 0 Å². The molecule has 0 saturated carbocycles. The Morgan fingerprint density at radius 1 is 1.71 bits per heavy atom. The molecule has 7 heavy (non-hydrogen) atoms. The van der Waals surface area contributed by atoms with Gasteiger partial charge in [0.15, 0.2) is 0 Å². The molecule has 0 aliphatic rings. The van der Waals surface area contributed by atoms with Crippen LogP contribution < -0.4 is 0 Å². The van der Waals surface area contributed by atoms with Gasteiger partial charge >= 0.3 is 54.4 Å². The molecule has 0 atom stereocenters. The van der Waals surface area contributed by atoms with Crippen LogP contribution in [0, 0.1) is 0 Å². The van der Waals surface area contributed by atoms with Gasteiger partial charge in [0.1, 0.15) is 0 Å². The number of hydrogen-bond acceptors (Lipinski definition) is 1. The molecule has 0 radical (unpaired) electrons. The standard InChI is InChI=1S/C5H6SSe/c6-3-5-1-2-7-4-5/h1-2,4,6H,3H2. The zero-order valence-electron chi connectivity index (χ0n) is 3.79. The van der Waals surface area contributed by atoms with E-state index in [9.17, 15) is 0 Å². The van der Waals surface area contributed by atoms with Gasteiger partial charge in [-0.15, -0.1) is 0 Å². The first kappa shape index (κ1) is 5.49. The maximum absolute atomic E-state index is 4.11. The van der Waals surface area contributed by atoms with Crippen LogP contribution in [0.2, 0.25) is 0 Å². The maximum atomic E-state index is 4.11. The Kier molecular flexibility index (Phi) is 2.04. The van der Waals surface area contributed by atoms with Crippen molar-refractivity contribution in [3.05, 3.63) is 21.5 Å². The van der Waals surface area contributed by atoms with E-state index in [1.807, 2.05) is 0 Å². The van der Waals surface area contributed by atoms with E-state index in [1.165, 1.54) is 5.56 Å². The second-order valence-corrected chi connectivity index (χ2v) is 3.24. The van der Waals surface area contributed by atoms with Gasteiger partial charge in [-0.2, -0.15) is 0 Å². The Balaban J connectivity index is 2.76. The first-order valence-corrected chi connectivity index (χ1v) is 4.66.